The van der Waals surface area contributed by atoms with Crippen LogP contribution < -0.4 is 20.1 Å². The summed E-state index contributed by atoms with van der Waals surface area (Å²) in [5, 5.41) is 5.77. The van der Waals surface area contributed by atoms with Gasteiger partial charge in [0.15, 0.2) is 11.6 Å². The molecule has 1 fully saturated rings. The van der Waals surface area contributed by atoms with Crippen molar-refractivity contribution in [3.63, 3.8) is 0 Å². The summed E-state index contributed by atoms with van der Waals surface area (Å²) in [6, 6.07) is 9.93. The van der Waals surface area contributed by atoms with Gasteiger partial charge in [0.1, 0.15) is 22.9 Å². The number of amides is 2. The highest BCUT2D eigenvalue weighted by atomic mass is 32.1. The number of nitrogens with zero attached hydrogens (tertiary/aromatic N) is 4. The fourth-order valence-corrected chi connectivity index (χ4v) is 5.98. The maximum atomic E-state index is 15.2. The van der Waals surface area contributed by atoms with E-state index in [1.165, 1.54) is 43.8 Å². The van der Waals surface area contributed by atoms with E-state index in [-0.39, 0.29) is 17.4 Å². The Bertz CT molecular complexity index is 1850. The largest absolute Gasteiger partial charge is 0.483 e. The molecule has 3 aromatic heterocycles. The topological polar surface area (TPSA) is 137 Å². The van der Waals surface area contributed by atoms with Crippen molar-refractivity contribution in [1.82, 2.24) is 25.3 Å². The summed E-state index contributed by atoms with van der Waals surface area (Å²) in [5.74, 6) is -0.409. The fraction of sp³-hybridized carbons (Fsp3) is 0.267. The van der Waals surface area contributed by atoms with Gasteiger partial charge in [0.25, 0.3) is 5.91 Å². The van der Waals surface area contributed by atoms with E-state index >= 15 is 4.39 Å². The third kappa shape index (κ3) is 5.89. The molecule has 0 saturated heterocycles. The Balaban J connectivity index is 1.18. The molecule has 2 atom stereocenters. The second kappa shape index (κ2) is 11.8. The minimum atomic E-state index is -0.691. The minimum Gasteiger partial charge on any atom is -0.483 e. The second-order valence-corrected chi connectivity index (χ2v) is 11.1. The van der Waals surface area contributed by atoms with Gasteiger partial charge in [0.2, 0.25) is 5.88 Å². The van der Waals surface area contributed by atoms with E-state index in [4.69, 9.17) is 14.2 Å². The number of hydrogen-bond acceptors (Lipinski definition) is 10. The number of halogens is 1. The molecule has 0 unspecified atom stereocenters. The molecule has 0 aliphatic heterocycles. The van der Waals surface area contributed by atoms with E-state index < -0.39 is 24.1 Å². The number of thiazole rings is 1. The Morgan fingerprint density at radius 2 is 1.86 bits per heavy atom. The lowest BCUT2D eigenvalue weighted by Crippen LogP contribution is -2.32. The molecular weight excluding hydrogens is 575 g/mol. The Morgan fingerprint density at radius 1 is 1.02 bits per heavy atom. The highest BCUT2D eigenvalue weighted by molar-refractivity contribution is 7.21. The average molecular weight is 603 g/mol. The molecule has 6 rings (SSSR count). The summed E-state index contributed by atoms with van der Waals surface area (Å²) < 4.78 is 32.9. The molecule has 2 aromatic carbocycles. The maximum Gasteiger partial charge on any atom is 0.412 e. The van der Waals surface area contributed by atoms with E-state index in [2.05, 4.69) is 30.6 Å². The van der Waals surface area contributed by atoms with Crippen molar-refractivity contribution in [3.8, 4) is 22.2 Å². The third-order valence-electron chi connectivity index (χ3n) is 7.05. The molecule has 3 heterocycles. The number of carbonyl (C=O) groups excluding carboxylic acids is 2. The summed E-state index contributed by atoms with van der Waals surface area (Å²) in [6.45, 7) is 1.96. The molecule has 2 amide bonds. The van der Waals surface area contributed by atoms with Gasteiger partial charge < -0.3 is 19.5 Å². The highest BCUT2D eigenvalue weighted by Crippen LogP contribution is 2.38. The van der Waals surface area contributed by atoms with Crippen LogP contribution in [0.5, 0.6) is 11.6 Å². The summed E-state index contributed by atoms with van der Waals surface area (Å²) >= 11 is 1.40. The number of ether oxygens (including phenoxy) is 3. The second-order valence-electron chi connectivity index (χ2n) is 10.0. The minimum absolute atomic E-state index is 0.0660. The van der Waals surface area contributed by atoms with Crippen molar-refractivity contribution < 1.29 is 28.2 Å². The Kier molecular flexibility index (Phi) is 7.72. The van der Waals surface area contributed by atoms with Crippen LogP contribution in [0.1, 0.15) is 35.3 Å². The van der Waals surface area contributed by atoms with Crippen molar-refractivity contribution in [1.29, 1.82) is 0 Å². The molecule has 0 spiro atoms. The first-order chi connectivity index (χ1) is 20.8. The van der Waals surface area contributed by atoms with Gasteiger partial charge in [-0.1, -0.05) is 0 Å². The van der Waals surface area contributed by atoms with Crippen molar-refractivity contribution >= 4 is 50.3 Å². The fourth-order valence-electron chi connectivity index (χ4n) is 4.98. The predicted molar refractivity (Wildman–Crippen MR) is 159 cm³/mol. The van der Waals surface area contributed by atoms with Gasteiger partial charge >= 0.3 is 6.09 Å². The molecule has 1 aliphatic carbocycles. The maximum absolute atomic E-state index is 15.2. The van der Waals surface area contributed by atoms with Crippen LogP contribution in [0.3, 0.4) is 0 Å². The van der Waals surface area contributed by atoms with Gasteiger partial charge in [-0.2, -0.15) is 0 Å². The molecule has 220 valence electrons. The van der Waals surface area contributed by atoms with E-state index in [1.807, 2.05) is 19.1 Å². The first kappa shape index (κ1) is 28.2. The molecule has 5 aromatic rings. The van der Waals surface area contributed by atoms with Gasteiger partial charge in [0, 0.05) is 24.7 Å². The quantitative estimate of drug-likeness (QED) is 0.241. The zero-order valence-electron chi connectivity index (χ0n) is 23.5. The molecule has 1 aliphatic rings. The van der Waals surface area contributed by atoms with Crippen molar-refractivity contribution in [2.45, 2.75) is 38.4 Å². The molecule has 0 bridgehead atoms. The van der Waals surface area contributed by atoms with Gasteiger partial charge in [-0.05, 0) is 56.0 Å². The lowest BCUT2D eigenvalue weighted by atomic mass is 10.1. The van der Waals surface area contributed by atoms with Crippen LogP contribution >= 0.6 is 11.3 Å². The number of aryl methyl sites for hydroxylation is 1. The lowest BCUT2D eigenvalue weighted by Gasteiger charge is -2.22. The van der Waals surface area contributed by atoms with Crippen LogP contribution in [-0.4, -0.2) is 58.3 Å². The summed E-state index contributed by atoms with van der Waals surface area (Å²) in [4.78, 5) is 42.0. The molecule has 43 heavy (non-hydrogen) atoms. The highest BCUT2D eigenvalue weighted by Gasteiger charge is 2.33. The van der Waals surface area contributed by atoms with Crippen LogP contribution in [0.15, 0.2) is 48.8 Å². The number of benzene rings is 2. The lowest BCUT2D eigenvalue weighted by molar-refractivity contribution is 0.0401. The van der Waals surface area contributed by atoms with Gasteiger partial charge in [-0.15, -0.1) is 11.3 Å². The van der Waals surface area contributed by atoms with Crippen LogP contribution in [0.4, 0.5) is 14.9 Å². The average Bonchev–Trinajstić information content (AvgIpc) is 3.62. The number of rotatable bonds is 7. The van der Waals surface area contributed by atoms with Crippen molar-refractivity contribution in [2.24, 2.45) is 0 Å². The Hall–Kier alpha value is -4.91. The number of hydrogen-bond donors (Lipinski definition) is 2. The first-order valence-electron chi connectivity index (χ1n) is 13.6. The van der Waals surface area contributed by atoms with E-state index in [0.717, 1.165) is 22.2 Å². The smallest absolute Gasteiger partial charge is 0.412 e. The number of anilines is 1. The molecule has 11 nitrogen and oxygen atoms in total. The zero-order chi connectivity index (χ0) is 30.1. The number of pyridine rings is 1. The van der Waals surface area contributed by atoms with Gasteiger partial charge in [-0.25, -0.2) is 29.1 Å². The van der Waals surface area contributed by atoms with E-state index in [0.29, 0.717) is 46.0 Å². The number of methoxy groups -OCH3 is 1. The van der Waals surface area contributed by atoms with Crippen LogP contribution in [0.25, 0.3) is 31.8 Å². The number of aromatic nitrogens is 4. The first-order valence-corrected chi connectivity index (χ1v) is 14.4. The van der Waals surface area contributed by atoms with Gasteiger partial charge in [0.05, 0.1) is 46.4 Å². The normalized spacial score (nSPS) is 16.3. The summed E-state index contributed by atoms with van der Waals surface area (Å²) in [7, 11) is 3.05. The summed E-state index contributed by atoms with van der Waals surface area (Å²) in [6.07, 6.45) is 3.07. The monoisotopic (exact) mass is 602 g/mol. The third-order valence-corrected chi connectivity index (χ3v) is 8.10. The summed E-state index contributed by atoms with van der Waals surface area (Å²) in [5.41, 5.74) is 4.21. The van der Waals surface area contributed by atoms with Crippen molar-refractivity contribution in [3.05, 3.63) is 65.9 Å². The molecule has 1 saturated carbocycles. The molecule has 0 radical (unpaired) electrons. The van der Waals surface area contributed by atoms with Crippen LogP contribution in [-0.2, 0) is 4.74 Å². The van der Waals surface area contributed by atoms with E-state index in [1.54, 1.807) is 18.3 Å². The standard InChI is InChI=1S/C30H27FN6O5S/c1-15-9-17(27-21(10-15)36-26(40-3)14-34-27)29-37-20-11-18(31)24(12-25(20)43-29)41-22-5-4-6-23(22)42-30(39)35-16-7-8-19(33-13-16)28(38)32-2/h7-14,22-23H,4-6H2,1-3H3,(H,32,38)(H,35,39)/t22-,23+/m0/s1. The number of nitrogens with one attached hydrogen (secondary N) is 2. The van der Waals surface area contributed by atoms with Crippen molar-refractivity contribution in [2.75, 3.05) is 19.5 Å². The number of carbonyl (C=O) groups is 2. The Morgan fingerprint density at radius 3 is 2.63 bits per heavy atom. The Labute approximate surface area is 249 Å². The number of fused-ring (bicyclic) bond motifs is 2. The van der Waals surface area contributed by atoms with E-state index in [9.17, 15) is 9.59 Å². The van der Waals surface area contributed by atoms with Gasteiger partial charge in [-0.3, -0.25) is 10.1 Å². The van der Waals surface area contributed by atoms with Crippen LogP contribution in [0, 0.1) is 12.7 Å². The van der Waals surface area contributed by atoms with Crippen LogP contribution in [0.2, 0.25) is 0 Å². The SMILES string of the molecule is CNC(=O)c1ccc(NC(=O)O[C@@H]2CCC[C@@H]2Oc2cc3sc(-c4cc(C)cc5nc(OC)cnc45)nc3cc2F)cn1. The zero-order valence-corrected chi connectivity index (χ0v) is 24.3. The predicted octanol–water partition coefficient (Wildman–Crippen LogP) is 5.67. The molecule has 2 N–H and O–H groups in total. The molecule has 13 heteroatoms. The molecular formula is C30H27FN6O5S.